The molecule has 1 heterocycles. The molecular formula is C22H20BrN3O3. The third-order valence-electron chi connectivity index (χ3n) is 4.50. The number of carboxylic acids is 1. The van der Waals surface area contributed by atoms with Crippen molar-refractivity contribution in [3.05, 3.63) is 87.3 Å². The van der Waals surface area contributed by atoms with Crippen LogP contribution >= 0.6 is 15.9 Å². The van der Waals surface area contributed by atoms with E-state index in [-0.39, 0.29) is 11.3 Å². The van der Waals surface area contributed by atoms with Crippen molar-refractivity contribution in [1.29, 1.82) is 0 Å². The van der Waals surface area contributed by atoms with E-state index in [0.29, 0.717) is 5.69 Å². The van der Waals surface area contributed by atoms with E-state index < -0.39 is 11.9 Å². The largest absolute Gasteiger partial charge is 0.478 e. The van der Waals surface area contributed by atoms with Crippen LogP contribution in [0.25, 0.3) is 11.8 Å². The quantitative estimate of drug-likeness (QED) is 0.495. The van der Waals surface area contributed by atoms with Crippen LogP contribution in [0.4, 0.5) is 5.69 Å². The van der Waals surface area contributed by atoms with Gasteiger partial charge in [-0.15, -0.1) is 0 Å². The standard InChI is InChI=1S/C22H20BrN3O3/c1-13-10-16(11-20(24)21(27)25-18-5-3-4-17(23)12-18)14(2)26(13)19-8-6-15(7-9-19)22(28)29/h3-12H,24H2,1-2H3,(H,25,27)(H,28,29)/b20-11+. The number of carboxylic acid groups (broad SMARTS) is 1. The van der Waals surface area contributed by atoms with Gasteiger partial charge < -0.3 is 20.7 Å². The maximum absolute atomic E-state index is 12.4. The van der Waals surface area contributed by atoms with E-state index in [1.54, 1.807) is 42.5 Å². The topological polar surface area (TPSA) is 97.4 Å². The van der Waals surface area contributed by atoms with E-state index in [1.807, 2.05) is 36.6 Å². The second-order valence-electron chi connectivity index (χ2n) is 6.58. The summed E-state index contributed by atoms with van der Waals surface area (Å²) in [6.07, 6.45) is 1.64. The fourth-order valence-electron chi connectivity index (χ4n) is 3.09. The maximum Gasteiger partial charge on any atom is 0.335 e. The number of benzene rings is 2. The number of nitrogens with one attached hydrogen (secondary N) is 1. The van der Waals surface area contributed by atoms with E-state index in [1.165, 1.54) is 0 Å². The summed E-state index contributed by atoms with van der Waals surface area (Å²) in [4.78, 5) is 23.5. The van der Waals surface area contributed by atoms with Gasteiger partial charge >= 0.3 is 5.97 Å². The van der Waals surface area contributed by atoms with Crippen molar-refractivity contribution in [3.8, 4) is 5.69 Å². The first-order valence-electron chi connectivity index (χ1n) is 8.83. The molecule has 0 unspecified atom stereocenters. The summed E-state index contributed by atoms with van der Waals surface area (Å²) in [5, 5.41) is 11.8. The Morgan fingerprint density at radius 2 is 1.79 bits per heavy atom. The molecule has 1 amide bonds. The van der Waals surface area contributed by atoms with Crippen molar-refractivity contribution in [2.75, 3.05) is 5.32 Å². The second kappa shape index (κ2) is 8.36. The molecule has 0 bridgehead atoms. The van der Waals surface area contributed by atoms with Gasteiger partial charge in [-0.3, -0.25) is 4.79 Å². The van der Waals surface area contributed by atoms with Gasteiger partial charge in [0, 0.05) is 27.2 Å². The molecule has 6 nitrogen and oxygen atoms in total. The molecule has 148 valence electrons. The number of hydrogen-bond acceptors (Lipinski definition) is 3. The van der Waals surface area contributed by atoms with Gasteiger partial charge in [0.15, 0.2) is 0 Å². The normalized spacial score (nSPS) is 11.3. The van der Waals surface area contributed by atoms with Crippen molar-refractivity contribution in [2.45, 2.75) is 13.8 Å². The molecule has 0 atom stereocenters. The van der Waals surface area contributed by atoms with E-state index in [0.717, 1.165) is 27.1 Å². The Bertz CT molecular complexity index is 1110. The van der Waals surface area contributed by atoms with Crippen LogP contribution in [0.2, 0.25) is 0 Å². The zero-order valence-corrected chi connectivity index (χ0v) is 17.5. The second-order valence-corrected chi connectivity index (χ2v) is 7.49. The maximum atomic E-state index is 12.4. The summed E-state index contributed by atoms with van der Waals surface area (Å²) in [5.41, 5.74) is 10.5. The molecule has 7 heteroatoms. The van der Waals surface area contributed by atoms with Crippen LogP contribution in [0.15, 0.2) is 64.8 Å². The Morgan fingerprint density at radius 1 is 1.10 bits per heavy atom. The number of nitrogens with two attached hydrogens (primary N) is 1. The number of nitrogens with zero attached hydrogens (tertiary/aromatic N) is 1. The van der Waals surface area contributed by atoms with Crippen LogP contribution in [0, 0.1) is 13.8 Å². The number of aromatic carboxylic acids is 1. The number of carbonyl (C=O) groups is 2. The molecule has 3 rings (SSSR count). The van der Waals surface area contributed by atoms with Crippen molar-refractivity contribution in [3.63, 3.8) is 0 Å². The molecule has 29 heavy (non-hydrogen) atoms. The average Bonchev–Trinajstić information content (AvgIpc) is 2.95. The van der Waals surface area contributed by atoms with Gasteiger partial charge in [-0.1, -0.05) is 22.0 Å². The summed E-state index contributed by atoms with van der Waals surface area (Å²) in [5.74, 6) is -1.36. The number of amides is 1. The van der Waals surface area contributed by atoms with Crippen LogP contribution < -0.4 is 11.1 Å². The lowest BCUT2D eigenvalue weighted by Gasteiger charge is -2.10. The zero-order chi connectivity index (χ0) is 21.1. The fraction of sp³-hybridized carbons (Fsp3) is 0.0909. The number of hydrogen-bond donors (Lipinski definition) is 3. The third kappa shape index (κ3) is 4.57. The molecule has 0 spiro atoms. The molecule has 0 aliphatic carbocycles. The smallest absolute Gasteiger partial charge is 0.335 e. The van der Waals surface area contributed by atoms with Crippen molar-refractivity contribution >= 4 is 39.6 Å². The zero-order valence-electron chi connectivity index (χ0n) is 15.9. The Kier molecular flexibility index (Phi) is 5.89. The summed E-state index contributed by atoms with van der Waals surface area (Å²) < 4.78 is 2.84. The molecule has 0 fully saturated rings. The highest BCUT2D eigenvalue weighted by Gasteiger charge is 2.13. The molecule has 0 aliphatic heterocycles. The number of halogens is 1. The predicted octanol–water partition coefficient (Wildman–Crippen LogP) is 4.49. The lowest BCUT2D eigenvalue weighted by molar-refractivity contribution is -0.112. The molecular weight excluding hydrogens is 434 g/mol. The van der Waals surface area contributed by atoms with Crippen molar-refractivity contribution in [2.24, 2.45) is 5.73 Å². The van der Waals surface area contributed by atoms with Gasteiger partial charge in [-0.25, -0.2) is 4.79 Å². The molecule has 4 N–H and O–H groups in total. The SMILES string of the molecule is Cc1cc(/C=C(/N)C(=O)Nc2cccc(Br)c2)c(C)n1-c1ccc(C(=O)O)cc1. The van der Waals surface area contributed by atoms with Gasteiger partial charge in [0.1, 0.15) is 0 Å². The first kappa shape index (κ1) is 20.4. The third-order valence-corrected chi connectivity index (χ3v) is 4.99. The minimum atomic E-state index is -0.967. The van der Waals surface area contributed by atoms with Crippen LogP contribution in [0.1, 0.15) is 27.3 Å². The average molecular weight is 454 g/mol. The molecule has 3 aromatic rings. The number of carbonyl (C=O) groups excluding carboxylic acids is 1. The molecule has 0 aliphatic rings. The molecule has 1 aromatic heterocycles. The lowest BCUT2D eigenvalue weighted by Crippen LogP contribution is -2.19. The minimum Gasteiger partial charge on any atom is -0.478 e. The summed E-state index contributed by atoms with van der Waals surface area (Å²) >= 11 is 3.37. The highest BCUT2D eigenvalue weighted by molar-refractivity contribution is 9.10. The van der Waals surface area contributed by atoms with E-state index in [4.69, 9.17) is 10.8 Å². The fourth-order valence-corrected chi connectivity index (χ4v) is 3.49. The van der Waals surface area contributed by atoms with E-state index >= 15 is 0 Å². The van der Waals surface area contributed by atoms with Gasteiger partial charge in [0.05, 0.1) is 11.3 Å². The summed E-state index contributed by atoms with van der Waals surface area (Å²) in [6, 6.07) is 15.8. The van der Waals surface area contributed by atoms with Crippen molar-refractivity contribution < 1.29 is 14.7 Å². The van der Waals surface area contributed by atoms with Gasteiger partial charge in [-0.2, -0.15) is 0 Å². The van der Waals surface area contributed by atoms with Gasteiger partial charge in [-0.05, 0) is 74.0 Å². The monoisotopic (exact) mass is 453 g/mol. The van der Waals surface area contributed by atoms with Crippen LogP contribution in [-0.4, -0.2) is 21.6 Å². The molecule has 2 aromatic carbocycles. The lowest BCUT2D eigenvalue weighted by atomic mass is 10.2. The first-order valence-corrected chi connectivity index (χ1v) is 9.62. The van der Waals surface area contributed by atoms with Crippen LogP contribution in [0.3, 0.4) is 0 Å². The Hall–Kier alpha value is -3.32. The van der Waals surface area contributed by atoms with Gasteiger partial charge in [0.2, 0.25) is 0 Å². The first-order chi connectivity index (χ1) is 13.8. The summed E-state index contributed by atoms with van der Waals surface area (Å²) in [6.45, 7) is 3.86. The Morgan fingerprint density at radius 3 is 2.41 bits per heavy atom. The minimum absolute atomic E-state index is 0.0893. The summed E-state index contributed by atoms with van der Waals surface area (Å²) in [7, 11) is 0. The Balaban J connectivity index is 1.86. The van der Waals surface area contributed by atoms with Crippen LogP contribution in [0.5, 0.6) is 0 Å². The highest BCUT2D eigenvalue weighted by Crippen LogP contribution is 2.23. The van der Waals surface area contributed by atoms with Crippen LogP contribution in [-0.2, 0) is 4.79 Å². The molecule has 0 radical (unpaired) electrons. The number of aryl methyl sites for hydroxylation is 1. The Labute approximate surface area is 176 Å². The van der Waals surface area contributed by atoms with E-state index in [2.05, 4.69) is 21.2 Å². The van der Waals surface area contributed by atoms with E-state index in [9.17, 15) is 9.59 Å². The van der Waals surface area contributed by atoms with Crippen molar-refractivity contribution in [1.82, 2.24) is 4.57 Å². The number of rotatable bonds is 5. The number of anilines is 1. The molecule has 0 saturated heterocycles. The number of aromatic nitrogens is 1. The highest BCUT2D eigenvalue weighted by atomic mass is 79.9. The molecule has 0 saturated carbocycles. The predicted molar refractivity (Wildman–Crippen MR) is 117 cm³/mol. The van der Waals surface area contributed by atoms with Gasteiger partial charge in [0.25, 0.3) is 5.91 Å².